The highest BCUT2D eigenvalue weighted by Gasteiger charge is 2.03. The van der Waals surface area contributed by atoms with Crippen molar-refractivity contribution in [1.29, 1.82) is 0 Å². The number of anilines is 2. The lowest BCUT2D eigenvalue weighted by molar-refractivity contribution is -0.114. The molecule has 0 heterocycles. The summed E-state index contributed by atoms with van der Waals surface area (Å²) in [5, 5.41) is 10.4. The van der Waals surface area contributed by atoms with E-state index in [2.05, 4.69) is 21.2 Å². The fourth-order valence-corrected chi connectivity index (χ4v) is 2.33. The van der Waals surface area contributed by atoms with Gasteiger partial charge < -0.3 is 10.6 Å². The van der Waals surface area contributed by atoms with Gasteiger partial charge in [0.15, 0.2) is 5.11 Å². The van der Waals surface area contributed by atoms with E-state index in [0.29, 0.717) is 5.11 Å². The van der Waals surface area contributed by atoms with E-state index in [9.17, 15) is 4.79 Å². The molecule has 1 amide bonds. The van der Waals surface area contributed by atoms with Crippen LogP contribution in [-0.4, -0.2) is 17.2 Å². The zero-order valence-electron chi connectivity index (χ0n) is 13.9. The van der Waals surface area contributed by atoms with Gasteiger partial charge in [0.05, 0.1) is 6.21 Å². The molecular formula is C18H20N4OS. The van der Waals surface area contributed by atoms with Crippen LogP contribution in [0.15, 0.2) is 47.6 Å². The third-order valence-electron chi connectivity index (χ3n) is 3.33. The van der Waals surface area contributed by atoms with E-state index in [1.165, 1.54) is 6.92 Å². The smallest absolute Gasteiger partial charge is 0.221 e. The molecule has 0 aliphatic carbocycles. The standard InChI is InChI=1S/C18H20N4OS/c1-12-5-4-6-13(2)17(12)21-18(24)22-19-11-15-7-9-16(10-8-15)20-14(3)23/h4-11H,1-3H3,(H,20,23)(H2,21,22,24). The highest BCUT2D eigenvalue weighted by molar-refractivity contribution is 7.80. The number of benzene rings is 2. The van der Waals surface area contributed by atoms with Crippen molar-refractivity contribution in [3.63, 3.8) is 0 Å². The number of hydrogen-bond donors (Lipinski definition) is 3. The molecule has 0 fully saturated rings. The molecular weight excluding hydrogens is 320 g/mol. The minimum Gasteiger partial charge on any atom is -0.331 e. The van der Waals surface area contributed by atoms with Gasteiger partial charge in [0.2, 0.25) is 5.91 Å². The predicted octanol–water partition coefficient (Wildman–Crippen LogP) is 3.58. The summed E-state index contributed by atoms with van der Waals surface area (Å²) in [6.45, 7) is 5.53. The minimum atomic E-state index is -0.0963. The Morgan fingerprint density at radius 1 is 1.04 bits per heavy atom. The van der Waals surface area contributed by atoms with Crippen LogP contribution < -0.4 is 16.1 Å². The Bertz CT molecular complexity index is 749. The Kier molecular flexibility index (Phi) is 6.03. The Balaban J connectivity index is 1.91. The number of hydrazone groups is 1. The van der Waals surface area contributed by atoms with Gasteiger partial charge in [-0.25, -0.2) is 0 Å². The summed E-state index contributed by atoms with van der Waals surface area (Å²) in [7, 11) is 0. The molecule has 0 atom stereocenters. The van der Waals surface area contributed by atoms with Crippen LogP contribution in [0.5, 0.6) is 0 Å². The van der Waals surface area contributed by atoms with Crippen LogP contribution in [0.3, 0.4) is 0 Å². The summed E-state index contributed by atoms with van der Waals surface area (Å²) >= 11 is 5.26. The van der Waals surface area contributed by atoms with Crippen LogP contribution in [0.4, 0.5) is 11.4 Å². The summed E-state index contributed by atoms with van der Waals surface area (Å²) in [4.78, 5) is 11.0. The van der Waals surface area contributed by atoms with Gasteiger partial charge in [-0.1, -0.05) is 30.3 Å². The van der Waals surface area contributed by atoms with Gasteiger partial charge in [0.25, 0.3) is 0 Å². The van der Waals surface area contributed by atoms with Crippen molar-refractivity contribution >= 4 is 40.8 Å². The molecule has 0 unspecified atom stereocenters. The van der Waals surface area contributed by atoms with Gasteiger partial charge >= 0.3 is 0 Å². The van der Waals surface area contributed by atoms with E-state index < -0.39 is 0 Å². The number of carbonyl (C=O) groups excluding carboxylic acids is 1. The number of nitrogens with one attached hydrogen (secondary N) is 3. The van der Waals surface area contributed by atoms with Gasteiger partial charge in [0, 0.05) is 18.3 Å². The van der Waals surface area contributed by atoms with Crippen molar-refractivity contribution in [2.45, 2.75) is 20.8 Å². The molecule has 6 heteroatoms. The second-order valence-electron chi connectivity index (χ2n) is 5.39. The summed E-state index contributed by atoms with van der Waals surface area (Å²) in [5.41, 5.74) is 7.68. The molecule has 2 rings (SSSR count). The lowest BCUT2D eigenvalue weighted by Crippen LogP contribution is -2.24. The Morgan fingerprint density at radius 2 is 1.67 bits per heavy atom. The van der Waals surface area contributed by atoms with Crippen LogP contribution in [0, 0.1) is 13.8 Å². The van der Waals surface area contributed by atoms with Gasteiger partial charge in [-0.15, -0.1) is 0 Å². The first kappa shape index (κ1) is 17.6. The summed E-state index contributed by atoms with van der Waals surface area (Å²) in [5.74, 6) is -0.0963. The average Bonchev–Trinajstić information content (AvgIpc) is 2.52. The third kappa shape index (κ3) is 5.17. The van der Waals surface area contributed by atoms with E-state index in [0.717, 1.165) is 28.1 Å². The molecule has 0 aliphatic heterocycles. The lowest BCUT2D eigenvalue weighted by atomic mass is 10.1. The minimum absolute atomic E-state index is 0.0963. The van der Waals surface area contributed by atoms with E-state index >= 15 is 0 Å². The molecule has 5 nitrogen and oxygen atoms in total. The number of carbonyl (C=O) groups is 1. The third-order valence-corrected chi connectivity index (χ3v) is 3.52. The second kappa shape index (κ2) is 8.21. The Morgan fingerprint density at radius 3 is 2.25 bits per heavy atom. The molecule has 0 aromatic heterocycles. The maximum absolute atomic E-state index is 11.0. The first-order valence-corrected chi connectivity index (χ1v) is 7.90. The van der Waals surface area contributed by atoms with E-state index in [4.69, 9.17) is 12.2 Å². The molecule has 24 heavy (non-hydrogen) atoms. The number of hydrogen-bond acceptors (Lipinski definition) is 3. The highest BCUT2D eigenvalue weighted by Crippen LogP contribution is 2.19. The van der Waals surface area contributed by atoms with Crippen LogP contribution in [0.2, 0.25) is 0 Å². The molecule has 0 bridgehead atoms. The predicted molar refractivity (Wildman–Crippen MR) is 104 cm³/mol. The van der Waals surface area contributed by atoms with Gasteiger partial charge in [0.1, 0.15) is 0 Å². The normalized spacial score (nSPS) is 10.5. The van der Waals surface area contributed by atoms with E-state index in [1.807, 2.05) is 56.3 Å². The number of nitrogens with zero attached hydrogens (tertiary/aromatic N) is 1. The summed E-state index contributed by atoms with van der Waals surface area (Å²) in [6.07, 6.45) is 1.66. The van der Waals surface area contributed by atoms with Crippen LogP contribution in [-0.2, 0) is 4.79 Å². The van der Waals surface area contributed by atoms with Crippen LogP contribution >= 0.6 is 12.2 Å². The highest BCUT2D eigenvalue weighted by atomic mass is 32.1. The maximum Gasteiger partial charge on any atom is 0.221 e. The van der Waals surface area contributed by atoms with Crippen LogP contribution in [0.1, 0.15) is 23.6 Å². The largest absolute Gasteiger partial charge is 0.331 e. The SMILES string of the molecule is CC(=O)Nc1ccc(C=NNC(=S)Nc2c(C)cccc2C)cc1. The fraction of sp³-hybridized carbons (Fsp3) is 0.167. The first-order chi connectivity index (χ1) is 11.5. The first-order valence-electron chi connectivity index (χ1n) is 7.49. The quantitative estimate of drug-likeness (QED) is 0.452. The Labute approximate surface area is 147 Å². The zero-order valence-corrected chi connectivity index (χ0v) is 14.7. The number of para-hydroxylation sites is 1. The van der Waals surface area contributed by atoms with Crippen LogP contribution in [0.25, 0.3) is 0 Å². The van der Waals surface area contributed by atoms with Gasteiger partial charge in [-0.05, 0) is 54.9 Å². The average molecular weight is 340 g/mol. The monoisotopic (exact) mass is 340 g/mol. The lowest BCUT2D eigenvalue weighted by Gasteiger charge is -2.12. The van der Waals surface area contributed by atoms with Crippen molar-refractivity contribution in [3.05, 3.63) is 59.2 Å². The fourth-order valence-electron chi connectivity index (χ4n) is 2.17. The Hall–Kier alpha value is -2.73. The summed E-state index contributed by atoms with van der Waals surface area (Å²) in [6, 6.07) is 13.4. The van der Waals surface area contributed by atoms with Gasteiger partial charge in [-0.3, -0.25) is 10.2 Å². The molecule has 0 aliphatic rings. The summed E-state index contributed by atoms with van der Waals surface area (Å²) < 4.78 is 0. The number of amides is 1. The number of rotatable bonds is 4. The molecule has 0 spiro atoms. The second-order valence-corrected chi connectivity index (χ2v) is 5.80. The van der Waals surface area contributed by atoms with Crippen molar-refractivity contribution in [3.8, 4) is 0 Å². The van der Waals surface area contributed by atoms with Gasteiger partial charge in [-0.2, -0.15) is 5.10 Å². The van der Waals surface area contributed by atoms with Crippen molar-refractivity contribution in [2.24, 2.45) is 5.10 Å². The topological polar surface area (TPSA) is 65.5 Å². The van der Waals surface area contributed by atoms with Crippen molar-refractivity contribution in [2.75, 3.05) is 10.6 Å². The molecule has 124 valence electrons. The van der Waals surface area contributed by atoms with E-state index in [-0.39, 0.29) is 5.91 Å². The molecule has 3 N–H and O–H groups in total. The molecule has 2 aromatic rings. The van der Waals surface area contributed by atoms with Crippen molar-refractivity contribution < 1.29 is 4.79 Å². The molecule has 2 aromatic carbocycles. The number of thiocarbonyl (C=S) groups is 1. The number of aryl methyl sites for hydroxylation is 2. The molecule has 0 saturated heterocycles. The molecule has 0 radical (unpaired) electrons. The van der Waals surface area contributed by atoms with Crippen molar-refractivity contribution in [1.82, 2.24) is 5.43 Å². The molecule has 0 saturated carbocycles. The van der Waals surface area contributed by atoms with E-state index in [1.54, 1.807) is 6.21 Å². The maximum atomic E-state index is 11.0. The zero-order chi connectivity index (χ0) is 17.5.